The van der Waals surface area contributed by atoms with Gasteiger partial charge in [-0.25, -0.2) is 4.79 Å². The van der Waals surface area contributed by atoms with E-state index < -0.39 is 11.9 Å². The molecule has 2 aliphatic rings. The van der Waals surface area contributed by atoms with Gasteiger partial charge in [0, 0.05) is 74.0 Å². The second-order valence-corrected chi connectivity index (χ2v) is 16.4. The summed E-state index contributed by atoms with van der Waals surface area (Å²) >= 11 is 0. The van der Waals surface area contributed by atoms with Crippen LogP contribution in [0.1, 0.15) is 69.0 Å². The molecule has 2 aromatic heterocycles. The van der Waals surface area contributed by atoms with Crippen LogP contribution < -0.4 is 14.4 Å². The summed E-state index contributed by atoms with van der Waals surface area (Å²) < 4.78 is 28.5. The molecule has 1 saturated heterocycles. The first-order valence-corrected chi connectivity index (χ1v) is 20.7. The number of ether oxygens (including phenoxy) is 4. The van der Waals surface area contributed by atoms with Crippen LogP contribution in [0.2, 0.25) is 0 Å². The van der Waals surface area contributed by atoms with Gasteiger partial charge in [-0.1, -0.05) is 54.6 Å². The summed E-state index contributed by atoms with van der Waals surface area (Å²) in [4.78, 5) is 16.6. The molecule has 0 unspecified atom stereocenters. The van der Waals surface area contributed by atoms with Crippen molar-refractivity contribution in [3.8, 4) is 22.6 Å². The van der Waals surface area contributed by atoms with Crippen molar-refractivity contribution in [1.29, 1.82) is 0 Å². The van der Waals surface area contributed by atoms with E-state index in [1.54, 1.807) is 4.90 Å². The van der Waals surface area contributed by atoms with E-state index in [-0.39, 0.29) is 12.7 Å². The van der Waals surface area contributed by atoms with E-state index >= 15 is 0 Å². The number of anilines is 1. The quantitative estimate of drug-likeness (QED) is 0.104. The van der Waals surface area contributed by atoms with E-state index in [1.807, 2.05) is 75.0 Å². The number of hydrogen-bond acceptors (Lipinski definition) is 9. The molecular weight excluding hydrogens is 747 g/mol. The summed E-state index contributed by atoms with van der Waals surface area (Å²) in [6.45, 7) is 10.6. The third kappa shape index (κ3) is 8.76. The Morgan fingerprint density at radius 3 is 2.39 bits per heavy atom. The van der Waals surface area contributed by atoms with E-state index in [1.165, 1.54) is 0 Å². The van der Waals surface area contributed by atoms with Crippen LogP contribution in [-0.4, -0.2) is 80.5 Å². The van der Waals surface area contributed by atoms with Crippen LogP contribution >= 0.6 is 0 Å². The Hall–Kier alpha value is -5.56. The van der Waals surface area contributed by atoms with Crippen molar-refractivity contribution < 1.29 is 34.0 Å². The fraction of sp³-hybridized carbons (Fsp3) is 0.404. The monoisotopic (exact) mass is 801 g/mol. The lowest BCUT2D eigenvalue weighted by Gasteiger charge is -2.36. The molecule has 4 aromatic carbocycles. The number of carbonyl (C=O) groups is 1. The third-order valence-corrected chi connectivity index (χ3v) is 11.2. The number of carbonyl (C=O) groups excluding carboxylic acids is 1. The number of rotatable bonds is 10. The highest BCUT2D eigenvalue weighted by Gasteiger charge is 2.29. The van der Waals surface area contributed by atoms with Crippen LogP contribution in [0.25, 0.3) is 32.8 Å². The first-order chi connectivity index (χ1) is 28.6. The Morgan fingerprint density at radius 2 is 1.61 bits per heavy atom. The summed E-state index contributed by atoms with van der Waals surface area (Å²) in [5, 5.41) is 30.1. The highest BCUT2D eigenvalue weighted by Crippen LogP contribution is 2.41. The number of amides is 1. The second kappa shape index (κ2) is 17.3. The minimum Gasteiger partial charge on any atom is -0.493 e. The van der Waals surface area contributed by atoms with Gasteiger partial charge >= 0.3 is 6.09 Å². The summed E-state index contributed by atoms with van der Waals surface area (Å²) in [5.74, 6) is 1.56. The van der Waals surface area contributed by atoms with Crippen molar-refractivity contribution in [2.75, 3.05) is 44.3 Å². The van der Waals surface area contributed by atoms with Gasteiger partial charge in [-0.05, 0) is 87.7 Å². The second-order valence-electron chi connectivity index (χ2n) is 16.4. The van der Waals surface area contributed by atoms with Gasteiger partial charge in [0.15, 0.2) is 6.29 Å². The fourth-order valence-corrected chi connectivity index (χ4v) is 8.46. The zero-order valence-corrected chi connectivity index (χ0v) is 34.5. The van der Waals surface area contributed by atoms with Gasteiger partial charge in [0.2, 0.25) is 0 Å². The molecule has 2 N–H and O–H groups in total. The summed E-state index contributed by atoms with van der Waals surface area (Å²) in [5.41, 5.74) is 6.52. The molecule has 0 saturated carbocycles. The largest absolute Gasteiger partial charge is 0.493 e. The highest BCUT2D eigenvalue weighted by atomic mass is 16.6. The molecule has 59 heavy (non-hydrogen) atoms. The van der Waals surface area contributed by atoms with Crippen LogP contribution in [-0.2, 0) is 42.7 Å². The van der Waals surface area contributed by atoms with Gasteiger partial charge < -0.3 is 43.5 Å². The average Bonchev–Trinajstić information content (AvgIpc) is 3.71. The first-order valence-electron chi connectivity index (χ1n) is 20.7. The molecule has 1 amide bonds. The van der Waals surface area contributed by atoms with E-state index in [0.717, 1.165) is 74.0 Å². The van der Waals surface area contributed by atoms with E-state index in [4.69, 9.17) is 24.0 Å². The van der Waals surface area contributed by atoms with Crippen molar-refractivity contribution in [3.63, 3.8) is 0 Å². The molecule has 4 heterocycles. The molecule has 0 atom stereocenters. The number of fused-ring (bicyclic) bond motifs is 3. The zero-order chi connectivity index (χ0) is 41.1. The van der Waals surface area contributed by atoms with Crippen molar-refractivity contribution in [1.82, 2.24) is 19.2 Å². The lowest BCUT2D eigenvalue weighted by molar-refractivity contribution is -0.0488. The molecule has 8 rings (SSSR count). The van der Waals surface area contributed by atoms with Gasteiger partial charge in [0.25, 0.3) is 0 Å². The van der Waals surface area contributed by atoms with Gasteiger partial charge in [-0.3, -0.25) is 4.68 Å². The number of benzene rings is 4. The van der Waals surface area contributed by atoms with Crippen molar-refractivity contribution in [2.45, 2.75) is 78.1 Å². The van der Waals surface area contributed by atoms with E-state index in [0.29, 0.717) is 76.8 Å². The molecule has 310 valence electrons. The fourth-order valence-electron chi connectivity index (χ4n) is 8.46. The van der Waals surface area contributed by atoms with Crippen LogP contribution in [0.15, 0.2) is 84.9 Å². The summed E-state index contributed by atoms with van der Waals surface area (Å²) in [6.07, 6.45) is 1.03. The van der Waals surface area contributed by atoms with Crippen molar-refractivity contribution >= 4 is 33.5 Å². The minimum atomic E-state index is -1.65. The summed E-state index contributed by atoms with van der Waals surface area (Å²) in [7, 11) is 1.94. The molecule has 12 nitrogen and oxygen atoms in total. The molecular formula is C47H55N5O7. The Balaban J connectivity index is 1.04. The van der Waals surface area contributed by atoms with Gasteiger partial charge in [0.1, 0.15) is 29.4 Å². The lowest BCUT2D eigenvalue weighted by Crippen LogP contribution is -2.50. The molecule has 6 aromatic rings. The standard InChI is InChI=1S/C47H55N5O7/c1-47(2,3)59-46(55)51-26-24-50(25-27-51)33-19-21-34(22-20-33)58-30-39-42-38-16-10-15-36-37(17-11-29-57-41-18-9-13-32-12-5-6-14-35(32)41)44(45(53)54)52(43(36)38)23-7-8-28-56-31-40(42)49(4)48-39/h5-6,9-10,12-16,18-22,45,53-54H,7-8,11,17,23-31H2,1-4H3. The molecule has 0 radical (unpaired) electrons. The lowest BCUT2D eigenvalue weighted by atomic mass is 9.98. The van der Waals surface area contributed by atoms with Gasteiger partial charge in [0.05, 0.1) is 30.1 Å². The smallest absolute Gasteiger partial charge is 0.410 e. The Bertz CT molecular complexity index is 2400. The predicted octanol–water partition coefficient (Wildman–Crippen LogP) is 8.14. The van der Waals surface area contributed by atoms with Crippen molar-refractivity contribution in [3.05, 3.63) is 108 Å². The number of aromatic nitrogens is 3. The minimum absolute atomic E-state index is 0.224. The maximum atomic E-state index is 12.6. The van der Waals surface area contributed by atoms with Crippen molar-refractivity contribution in [2.24, 2.45) is 7.05 Å². The number of aliphatic hydroxyl groups excluding tert-OH is 1. The Labute approximate surface area is 345 Å². The number of aliphatic hydroxyl groups is 2. The van der Waals surface area contributed by atoms with Crippen LogP contribution in [0.4, 0.5) is 10.5 Å². The number of para-hydroxylation sites is 1. The third-order valence-electron chi connectivity index (χ3n) is 11.2. The molecule has 0 bridgehead atoms. The predicted molar refractivity (Wildman–Crippen MR) is 229 cm³/mol. The maximum absolute atomic E-state index is 12.6. The van der Waals surface area contributed by atoms with Crippen LogP contribution in [0.5, 0.6) is 11.5 Å². The highest BCUT2D eigenvalue weighted by molar-refractivity contribution is 5.99. The Morgan fingerprint density at radius 1 is 0.864 bits per heavy atom. The number of hydrogen-bond donors (Lipinski definition) is 2. The number of aryl methyl sites for hydroxylation is 3. The molecule has 0 spiro atoms. The van der Waals surface area contributed by atoms with Gasteiger partial charge in [-0.15, -0.1) is 0 Å². The van der Waals surface area contributed by atoms with Crippen LogP contribution in [0.3, 0.4) is 0 Å². The maximum Gasteiger partial charge on any atom is 0.410 e. The number of nitrogens with zero attached hydrogens (tertiary/aromatic N) is 5. The molecule has 12 heteroatoms. The topological polar surface area (TPSA) is 124 Å². The van der Waals surface area contributed by atoms with E-state index in [9.17, 15) is 15.0 Å². The van der Waals surface area contributed by atoms with Crippen LogP contribution in [0, 0.1) is 0 Å². The molecule has 0 aliphatic carbocycles. The zero-order valence-electron chi connectivity index (χ0n) is 34.5. The molecule has 1 fully saturated rings. The normalized spacial score (nSPS) is 15.0. The van der Waals surface area contributed by atoms with E-state index in [2.05, 4.69) is 51.9 Å². The SMILES string of the molecule is Cn1nc(COc2ccc(N3CCN(C(=O)OC(C)(C)C)CC3)cc2)c2c1COCCCCn1c(C(O)O)c(CCCOc3cccc4ccccc34)c3cccc-2c31. The molecule has 2 aliphatic heterocycles. The first kappa shape index (κ1) is 40.2. The van der Waals surface area contributed by atoms with Gasteiger partial charge in [-0.2, -0.15) is 5.10 Å². The number of piperazine rings is 1. The summed E-state index contributed by atoms with van der Waals surface area (Å²) in [6, 6.07) is 28.6. The average molecular weight is 802 g/mol. The Kier molecular flexibility index (Phi) is 11.8.